The lowest BCUT2D eigenvalue weighted by atomic mass is 9.43. The Balaban J connectivity index is 1.18. The van der Waals surface area contributed by atoms with E-state index in [0.29, 0.717) is 28.7 Å². The van der Waals surface area contributed by atoms with Gasteiger partial charge in [0.25, 0.3) is 0 Å². The first-order valence-electron chi connectivity index (χ1n) is 11.6. The molecule has 2 bridgehead atoms. The summed E-state index contributed by atoms with van der Waals surface area (Å²) in [5, 5.41) is 4.86. The molecule has 8 heteroatoms. The molecule has 6 nitrogen and oxygen atoms in total. The second kappa shape index (κ2) is 7.59. The molecular formula is C25H27BClN3O3. The number of ether oxygens (including phenoxy) is 1. The van der Waals surface area contributed by atoms with Crippen molar-refractivity contribution in [2.45, 2.75) is 45.3 Å². The summed E-state index contributed by atoms with van der Waals surface area (Å²) in [6.45, 7) is 7.31. The van der Waals surface area contributed by atoms with Crippen LogP contribution < -0.4 is 10.1 Å². The van der Waals surface area contributed by atoms with E-state index in [1.165, 1.54) is 6.42 Å². The second-order valence-electron chi connectivity index (χ2n) is 10.2. The maximum atomic E-state index is 6.47. The van der Waals surface area contributed by atoms with Gasteiger partial charge in [0, 0.05) is 16.1 Å². The van der Waals surface area contributed by atoms with Gasteiger partial charge in [0.15, 0.2) is 0 Å². The van der Waals surface area contributed by atoms with Gasteiger partial charge in [-0.3, -0.25) is 0 Å². The van der Waals surface area contributed by atoms with Gasteiger partial charge in [0.05, 0.1) is 17.2 Å². The number of rotatable bonds is 5. The van der Waals surface area contributed by atoms with Crippen LogP contribution >= 0.6 is 11.6 Å². The Kier molecular flexibility index (Phi) is 4.87. The zero-order valence-corrected chi connectivity index (χ0v) is 19.8. The first-order valence-corrected chi connectivity index (χ1v) is 11.9. The van der Waals surface area contributed by atoms with Gasteiger partial charge < -0.3 is 19.4 Å². The molecule has 1 aliphatic heterocycles. The minimum Gasteiger partial charge on any atom is -0.496 e. The highest BCUT2D eigenvalue weighted by molar-refractivity contribution is 6.45. The molecular weight excluding hydrogens is 437 g/mol. The molecule has 1 saturated heterocycles. The summed E-state index contributed by atoms with van der Waals surface area (Å²) in [6.07, 6.45) is 4.01. The third kappa shape index (κ3) is 3.49. The number of halogens is 1. The average molecular weight is 464 g/mol. The van der Waals surface area contributed by atoms with E-state index in [0.717, 1.165) is 34.7 Å². The van der Waals surface area contributed by atoms with E-state index in [-0.39, 0.29) is 18.8 Å². The summed E-state index contributed by atoms with van der Waals surface area (Å²) in [4.78, 5) is 8.81. The van der Waals surface area contributed by atoms with Gasteiger partial charge in [-0.2, -0.15) is 0 Å². The number of aromatic nitrogens is 2. The summed E-state index contributed by atoms with van der Waals surface area (Å²) < 4.78 is 18.9. The van der Waals surface area contributed by atoms with Crippen LogP contribution in [0.3, 0.4) is 0 Å². The fourth-order valence-corrected chi connectivity index (χ4v) is 6.30. The minimum atomic E-state index is -0.359. The number of benzene rings is 2. The number of anilines is 2. The number of nitrogens with one attached hydrogen (secondary N) is 1. The molecule has 0 spiro atoms. The summed E-state index contributed by atoms with van der Waals surface area (Å²) in [5.41, 5.74) is 1.79. The van der Waals surface area contributed by atoms with Gasteiger partial charge in [0.1, 0.15) is 24.4 Å². The van der Waals surface area contributed by atoms with Crippen LogP contribution in [-0.2, 0) is 9.31 Å². The van der Waals surface area contributed by atoms with Crippen molar-refractivity contribution in [1.29, 1.82) is 0 Å². The van der Waals surface area contributed by atoms with Crippen molar-refractivity contribution in [3.05, 3.63) is 53.8 Å². The van der Waals surface area contributed by atoms with Gasteiger partial charge in [-0.1, -0.05) is 31.5 Å². The Morgan fingerprint density at radius 1 is 1.15 bits per heavy atom. The molecule has 3 aliphatic carbocycles. The first-order chi connectivity index (χ1) is 15.8. The van der Waals surface area contributed by atoms with Crippen molar-refractivity contribution in [2.24, 2.45) is 17.3 Å². The molecule has 170 valence electrons. The molecule has 0 radical (unpaired) electrons. The van der Waals surface area contributed by atoms with Crippen LogP contribution in [0.15, 0.2) is 48.8 Å². The largest absolute Gasteiger partial charge is 0.498 e. The Morgan fingerprint density at radius 2 is 2.03 bits per heavy atom. The molecule has 0 amide bonds. The minimum absolute atomic E-state index is 0.154. The van der Waals surface area contributed by atoms with Gasteiger partial charge in [-0.05, 0) is 73.4 Å². The fraction of sp³-hybridized carbons (Fsp3) is 0.440. The molecule has 3 aromatic rings. The lowest BCUT2D eigenvalue weighted by molar-refractivity contribution is -0.199. The highest BCUT2D eigenvalue weighted by atomic mass is 35.5. The van der Waals surface area contributed by atoms with Crippen LogP contribution in [0.2, 0.25) is 5.02 Å². The van der Waals surface area contributed by atoms with Gasteiger partial charge in [0.2, 0.25) is 0 Å². The SMILES string of the molecule is CC1(C)[C@@H]2C[C@H]3OB(COc4ccc5ncnc(Nc6cccc(Cl)c6)c5c4)O[C@@]3(C)[C@H]1C2. The Morgan fingerprint density at radius 3 is 2.85 bits per heavy atom. The number of hydrogen-bond acceptors (Lipinski definition) is 6. The molecule has 1 aromatic heterocycles. The highest BCUT2D eigenvalue weighted by Gasteiger charge is 2.67. The number of hydrogen-bond donors (Lipinski definition) is 1. The van der Waals surface area contributed by atoms with Crippen LogP contribution in [0.25, 0.3) is 10.9 Å². The Hall–Kier alpha value is -2.35. The van der Waals surface area contributed by atoms with E-state index in [4.69, 9.17) is 25.6 Å². The predicted molar refractivity (Wildman–Crippen MR) is 130 cm³/mol. The summed E-state index contributed by atoms with van der Waals surface area (Å²) in [5.74, 6) is 2.69. The smallest absolute Gasteiger partial charge is 0.496 e. The summed E-state index contributed by atoms with van der Waals surface area (Å²) in [6, 6.07) is 13.3. The maximum Gasteiger partial charge on any atom is 0.498 e. The number of nitrogens with zero attached hydrogens (tertiary/aromatic N) is 2. The molecule has 4 atom stereocenters. The normalized spacial score (nSPS) is 29.5. The maximum absolute atomic E-state index is 6.47. The van der Waals surface area contributed by atoms with E-state index >= 15 is 0 Å². The summed E-state index contributed by atoms with van der Waals surface area (Å²) >= 11 is 6.12. The lowest BCUT2D eigenvalue weighted by Crippen LogP contribution is -2.65. The second-order valence-corrected chi connectivity index (χ2v) is 10.7. The van der Waals surface area contributed by atoms with E-state index in [1.807, 2.05) is 42.5 Å². The van der Waals surface area contributed by atoms with Crippen LogP contribution in [0.5, 0.6) is 5.75 Å². The first kappa shape index (κ1) is 21.2. The monoisotopic (exact) mass is 463 g/mol. The van der Waals surface area contributed by atoms with E-state index in [9.17, 15) is 0 Å². The fourth-order valence-electron chi connectivity index (χ4n) is 6.11. The average Bonchev–Trinajstić information content (AvgIpc) is 3.14. The molecule has 4 aliphatic rings. The van der Waals surface area contributed by atoms with Crippen LogP contribution in [0.4, 0.5) is 11.5 Å². The van der Waals surface area contributed by atoms with Crippen molar-refractivity contribution in [3.63, 3.8) is 0 Å². The molecule has 2 heterocycles. The standard InChI is InChI=1S/C25H27BClN3O3/c1-24(2)15-9-21(24)25(3)22(10-15)32-26(33-25)13-31-18-7-8-20-19(12-18)23(29-14-28-20)30-17-6-4-5-16(27)11-17/h4-8,11-12,14-15,21-22H,9-10,13H2,1-3H3,(H,28,29,30)/t15-,21-,22+,25-/m0/s1. The predicted octanol–water partition coefficient (Wildman–Crippen LogP) is 5.67. The van der Waals surface area contributed by atoms with Crippen molar-refractivity contribution in [1.82, 2.24) is 9.97 Å². The third-order valence-electron chi connectivity index (χ3n) is 8.08. The van der Waals surface area contributed by atoms with Gasteiger partial charge >= 0.3 is 7.12 Å². The topological polar surface area (TPSA) is 65.5 Å². The number of fused-ring (bicyclic) bond motifs is 1. The molecule has 0 unspecified atom stereocenters. The zero-order chi connectivity index (χ0) is 22.8. The Bertz CT molecular complexity index is 1220. The van der Waals surface area contributed by atoms with E-state index < -0.39 is 0 Å². The van der Waals surface area contributed by atoms with Crippen molar-refractivity contribution in [3.8, 4) is 5.75 Å². The molecule has 33 heavy (non-hydrogen) atoms. The van der Waals surface area contributed by atoms with Crippen LogP contribution in [0.1, 0.15) is 33.6 Å². The van der Waals surface area contributed by atoms with Crippen molar-refractivity contribution >= 4 is 41.1 Å². The van der Waals surface area contributed by atoms with Gasteiger partial charge in [-0.25, -0.2) is 9.97 Å². The molecule has 1 N–H and O–H groups in total. The zero-order valence-electron chi connectivity index (χ0n) is 19.0. The molecule has 2 aromatic carbocycles. The third-order valence-corrected chi connectivity index (χ3v) is 8.32. The van der Waals surface area contributed by atoms with Crippen molar-refractivity contribution < 1.29 is 14.0 Å². The molecule has 3 saturated carbocycles. The Labute approximate surface area is 199 Å². The highest BCUT2D eigenvalue weighted by Crippen LogP contribution is 2.65. The van der Waals surface area contributed by atoms with Crippen LogP contribution in [0, 0.1) is 17.3 Å². The molecule has 4 fully saturated rings. The van der Waals surface area contributed by atoms with E-state index in [2.05, 4.69) is 36.1 Å². The van der Waals surface area contributed by atoms with Crippen LogP contribution in [-0.4, -0.2) is 35.3 Å². The van der Waals surface area contributed by atoms with Crippen molar-refractivity contribution in [2.75, 3.05) is 11.8 Å². The van der Waals surface area contributed by atoms with E-state index in [1.54, 1.807) is 6.33 Å². The lowest BCUT2D eigenvalue weighted by Gasteiger charge is -2.64. The summed E-state index contributed by atoms with van der Waals surface area (Å²) in [7, 11) is -0.359. The van der Waals surface area contributed by atoms with Gasteiger partial charge in [-0.15, -0.1) is 0 Å². The quantitative estimate of drug-likeness (QED) is 0.492. The molecule has 7 rings (SSSR count).